The van der Waals surface area contributed by atoms with E-state index in [0.717, 1.165) is 159 Å². The highest BCUT2D eigenvalue weighted by Crippen LogP contribution is 2.32. The first-order valence-corrected chi connectivity index (χ1v) is 25.3. The van der Waals surface area contributed by atoms with E-state index in [1.807, 2.05) is 59.6 Å². The van der Waals surface area contributed by atoms with Gasteiger partial charge in [0, 0.05) is 88.0 Å². The second-order valence-corrected chi connectivity index (χ2v) is 18.8. The lowest BCUT2D eigenvalue weighted by molar-refractivity contribution is -0.193. The number of nitrogens with zero attached hydrogens (tertiary/aromatic N) is 10. The van der Waals surface area contributed by atoms with Crippen LogP contribution in [0.5, 0.6) is 23.0 Å². The van der Waals surface area contributed by atoms with Crippen LogP contribution in [0.1, 0.15) is 61.5 Å². The zero-order chi connectivity index (χ0) is 52.4. The van der Waals surface area contributed by atoms with E-state index in [1.54, 1.807) is 24.5 Å². The molecule has 0 amide bonds. The average Bonchev–Trinajstić information content (AvgIpc) is 3.41. The van der Waals surface area contributed by atoms with Crippen molar-refractivity contribution < 1.29 is 38.1 Å². The summed E-state index contributed by atoms with van der Waals surface area (Å²) >= 11 is 0. The summed E-state index contributed by atoms with van der Waals surface area (Å²) in [5.74, 6) is 3.08. The number of carbonyl (C=O) groups excluding carboxylic acids is 4. The lowest BCUT2D eigenvalue weighted by Gasteiger charge is -2.38. The zero-order valence-electron chi connectivity index (χ0n) is 42.8. The van der Waals surface area contributed by atoms with Crippen molar-refractivity contribution in [3.8, 4) is 23.0 Å². The minimum absolute atomic E-state index is 0.0384. The van der Waals surface area contributed by atoms with E-state index in [2.05, 4.69) is 65.6 Å². The molecule has 74 heavy (non-hydrogen) atoms. The van der Waals surface area contributed by atoms with E-state index >= 15 is 0 Å². The van der Waals surface area contributed by atoms with Crippen molar-refractivity contribution >= 4 is 34.4 Å². The molecule has 4 aliphatic rings. The van der Waals surface area contributed by atoms with E-state index < -0.39 is 0 Å². The van der Waals surface area contributed by atoms with E-state index in [0.29, 0.717) is 51.6 Å². The number of fused-ring (bicyclic) bond motifs is 4. The van der Waals surface area contributed by atoms with E-state index in [9.17, 15) is 9.59 Å². The SMILES string of the molecule is CCCN(Cc1cc2c(cn1)OCCO2)C1CCN(CCn2c(=O)ccc3ncc(C)cc32)CC1.Cc1cnc2ccc(=O)n(CCN3CCC(N(C)Cc4cc5c(cn4)OCCO5)CC3)c2c1.O=C=O.O=C=O. The molecule has 2 saturated heterocycles. The third kappa shape index (κ3) is 14.7. The second kappa shape index (κ2) is 27.2. The largest absolute Gasteiger partial charge is 0.486 e. The Kier molecular flexibility index (Phi) is 20.1. The molecule has 0 aromatic carbocycles. The van der Waals surface area contributed by atoms with Crippen LogP contribution in [0.2, 0.25) is 0 Å². The predicted molar refractivity (Wildman–Crippen MR) is 273 cm³/mol. The van der Waals surface area contributed by atoms with Gasteiger partial charge in [-0.05, 0) is 121 Å². The zero-order valence-corrected chi connectivity index (χ0v) is 42.8. The Hall–Kier alpha value is -7.18. The van der Waals surface area contributed by atoms with Crippen LogP contribution < -0.4 is 30.1 Å². The molecule has 0 unspecified atom stereocenters. The van der Waals surface area contributed by atoms with Crippen LogP contribution in [-0.2, 0) is 45.4 Å². The van der Waals surface area contributed by atoms with Crippen molar-refractivity contribution in [2.45, 2.75) is 91.1 Å². The molecule has 20 heteroatoms. The molecule has 0 aliphatic carbocycles. The number of pyridine rings is 6. The normalized spacial score (nSPS) is 15.8. The number of piperidine rings is 2. The van der Waals surface area contributed by atoms with Crippen molar-refractivity contribution in [3.63, 3.8) is 0 Å². The van der Waals surface area contributed by atoms with Crippen molar-refractivity contribution in [2.24, 2.45) is 0 Å². The maximum absolute atomic E-state index is 12.6. The van der Waals surface area contributed by atoms with Crippen LogP contribution in [0.25, 0.3) is 22.1 Å². The van der Waals surface area contributed by atoms with Crippen LogP contribution in [-0.4, -0.2) is 152 Å². The monoisotopic (exact) mass is 1010 g/mol. The number of hydrogen-bond donors (Lipinski definition) is 0. The van der Waals surface area contributed by atoms with Crippen molar-refractivity contribution in [3.05, 3.63) is 117 Å². The predicted octanol–water partition coefficient (Wildman–Crippen LogP) is 4.55. The summed E-state index contributed by atoms with van der Waals surface area (Å²) in [4.78, 5) is 85.6. The highest BCUT2D eigenvalue weighted by atomic mass is 16.6. The van der Waals surface area contributed by atoms with E-state index in [4.69, 9.17) is 38.1 Å². The molecule has 6 aromatic heterocycles. The van der Waals surface area contributed by atoms with Crippen molar-refractivity contribution in [2.75, 3.05) is 79.3 Å². The number of hydrogen-bond acceptors (Lipinski definition) is 18. The van der Waals surface area contributed by atoms with E-state index in [-0.39, 0.29) is 23.4 Å². The Labute approximate surface area is 429 Å². The molecule has 0 spiro atoms. The molecule has 0 radical (unpaired) electrons. The maximum atomic E-state index is 12.6. The van der Waals surface area contributed by atoms with Crippen LogP contribution in [0.4, 0.5) is 0 Å². The minimum atomic E-state index is 0.0384. The molecule has 2 fully saturated rings. The Morgan fingerprint density at radius 3 is 1.42 bits per heavy atom. The molecule has 392 valence electrons. The van der Waals surface area contributed by atoms with Crippen LogP contribution in [0, 0.1) is 13.8 Å². The number of aryl methyl sites for hydroxylation is 2. The smallest absolute Gasteiger partial charge is 0.373 e. The molecule has 10 rings (SSSR count). The summed E-state index contributed by atoms with van der Waals surface area (Å²) in [5.41, 5.74) is 7.84. The highest BCUT2D eigenvalue weighted by Gasteiger charge is 2.27. The molecular weight excluding hydrogens is 949 g/mol. The summed E-state index contributed by atoms with van der Waals surface area (Å²) in [6.45, 7) is 18.5. The fourth-order valence-corrected chi connectivity index (χ4v) is 9.99. The topological polar surface area (TPSA) is 214 Å². The maximum Gasteiger partial charge on any atom is 0.373 e. The Balaban J connectivity index is 0.000000196. The van der Waals surface area contributed by atoms with Crippen LogP contribution in [0.3, 0.4) is 0 Å². The van der Waals surface area contributed by atoms with Gasteiger partial charge in [0.25, 0.3) is 11.1 Å². The fourth-order valence-electron chi connectivity index (χ4n) is 9.99. The van der Waals surface area contributed by atoms with Gasteiger partial charge in [0.05, 0.1) is 45.8 Å². The molecular formula is C54H66N10O10. The Morgan fingerprint density at radius 1 is 0.554 bits per heavy atom. The van der Waals surface area contributed by atoms with Gasteiger partial charge in [0.15, 0.2) is 23.0 Å². The quantitative estimate of drug-likeness (QED) is 0.146. The van der Waals surface area contributed by atoms with Gasteiger partial charge in [0.1, 0.15) is 26.4 Å². The molecule has 20 nitrogen and oxygen atoms in total. The highest BCUT2D eigenvalue weighted by molar-refractivity contribution is 5.75. The number of rotatable bonds is 14. The summed E-state index contributed by atoms with van der Waals surface area (Å²) < 4.78 is 26.4. The Morgan fingerprint density at radius 2 is 0.973 bits per heavy atom. The van der Waals surface area contributed by atoms with Gasteiger partial charge in [-0.2, -0.15) is 19.2 Å². The van der Waals surface area contributed by atoms with Gasteiger partial charge < -0.3 is 37.9 Å². The second-order valence-electron chi connectivity index (χ2n) is 18.8. The van der Waals surface area contributed by atoms with E-state index in [1.165, 1.54) is 0 Å². The molecule has 6 aromatic rings. The third-order valence-electron chi connectivity index (χ3n) is 13.7. The first-order chi connectivity index (χ1) is 36.0. The minimum Gasteiger partial charge on any atom is -0.486 e. The lowest BCUT2D eigenvalue weighted by atomic mass is 10.0. The lowest BCUT2D eigenvalue weighted by Crippen LogP contribution is -2.46. The Bertz CT molecular complexity index is 2980. The van der Waals surface area contributed by atoms with Crippen LogP contribution >= 0.6 is 0 Å². The molecule has 4 aliphatic heterocycles. The van der Waals surface area contributed by atoms with Crippen molar-refractivity contribution in [1.82, 2.24) is 48.7 Å². The molecule has 0 N–H and O–H groups in total. The molecule has 0 atom stereocenters. The first-order valence-electron chi connectivity index (χ1n) is 25.3. The van der Waals surface area contributed by atoms with Gasteiger partial charge in [0.2, 0.25) is 0 Å². The average molecular weight is 1020 g/mol. The third-order valence-corrected chi connectivity index (χ3v) is 13.7. The van der Waals surface area contributed by atoms with Gasteiger partial charge >= 0.3 is 12.3 Å². The number of likely N-dealkylation sites (tertiary alicyclic amines) is 2. The molecule has 10 heterocycles. The summed E-state index contributed by atoms with van der Waals surface area (Å²) in [7, 11) is 2.17. The standard InChI is InChI=1S/C27H35N5O3.C25H31N5O3.2CO2/c1-3-8-31(19-21-16-25-26(18-28-21)35-14-13-34-25)22-6-9-30(10-7-22)11-12-32-24-15-20(2)17-29-23(24)4-5-27(32)33;1-18-13-22-21(27-15-18)3-4-25(31)30(22)10-9-29-7-5-20(6-8-29)28(2)17-19-14-23-24(16-26-19)33-12-11-32-23;2*2-1-3/h4-5,15-18,22H,3,6-14,19H2,1-2H3;3-4,13-16,20H,5-12,17H2,1-2H3;;. The fraction of sp³-hybridized carbons (Fsp3) is 0.481. The van der Waals surface area contributed by atoms with Gasteiger partial charge in [-0.25, -0.2) is 0 Å². The summed E-state index contributed by atoms with van der Waals surface area (Å²) in [5, 5.41) is 0. The molecule has 0 bridgehead atoms. The summed E-state index contributed by atoms with van der Waals surface area (Å²) in [6, 6.07) is 16.1. The van der Waals surface area contributed by atoms with Crippen molar-refractivity contribution in [1.29, 1.82) is 0 Å². The van der Waals surface area contributed by atoms with Crippen LogP contribution in [0.15, 0.2) is 82.9 Å². The summed E-state index contributed by atoms with van der Waals surface area (Å²) in [6.07, 6.45) is 13.3. The van der Waals surface area contributed by atoms with Gasteiger partial charge in [-0.15, -0.1) is 0 Å². The van der Waals surface area contributed by atoms with Gasteiger partial charge in [-0.1, -0.05) is 6.92 Å². The number of ether oxygens (including phenoxy) is 4. The first kappa shape index (κ1) is 54.6. The molecule has 0 saturated carbocycles. The number of aromatic nitrogens is 6. The van der Waals surface area contributed by atoms with Gasteiger partial charge in [-0.3, -0.25) is 39.3 Å².